The molecular weight excluding hydrogens is 294 g/mol. The molecule has 0 saturated carbocycles. The largest absolute Gasteiger partial charge is 0.480 e. The third-order valence-electron chi connectivity index (χ3n) is 4.51. The number of carboxylic acid groups (broad SMARTS) is 1. The van der Waals surface area contributed by atoms with Crippen LogP contribution in [0.1, 0.15) is 12.8 Å². The Kier molecular flexibility index (Phi) is 3.97. The van der Waals surface area contributed by atoms with Gasteiger partial charge in [-0.2, -0.15) is 11.8 Å². The first-order valence-electron chi connectivity index (χ1n) is 7.25. The first kappa shape index (κ1) is 14.5. The number of rotatable bonds is 1. The highest BCUT2D eigenvalue weighted by molar-refractivity contribution is 7.99. The fraction of sp³-hybridized carbons (Fsp3) is 0.769. The molecular formula is C13H19N3O4S. The van der Waals surface area contributed by atoms with E-state index >= 15 is 0 Å². The Morgan fingerprint density at radius 1 is 1.29 bits per heavy atom. The molecule has 2 N–H and O–H groups in total. The van der Waals surface area contributed by atoms with Crippen molar-refractivity contribution in [2.75, 3.05) is 31.1 Å². The van der Waals surface area contributed by atoms with Crippen LogP contribution in [-0.4, -0.2) is 76.0 Å². The van der Waals surface area contributed by atoms with Gasteiger partial charge in [0.2, 0.25) is 5.91 Å². The molecule has 3 atom stereocenters. The van der Waals surface area contributed by atoms with Gasteiger partial charge in [0.25, 0.3) is 0 Å². The molecule has 3 rings (SSSR count). The Balaban J connectivity index is 1.77. The predicted molar refractivity (Wildman–Crippen MR) is 77.1 cm³/mol. The molecule has 3 aliphatic rings. The monoisotopic (exact) mass is 313 g/mol. The SMILES string of the molecule is O=C1NCC2C1CCCN2C(=O)N1CCSCC1C(=O)O. The number of urea groups is 1. The summed E-state index contributed by atoms with van der Waals surface area (Å²) in [6.07, 6.45) is 1.60. The van der Waals surface area contributed by atoms with Crippen LogP contribution in [0.2, 0.25) is 0 Å². The molecule has 0 aromatic heterocycles. The summed E-state index contributed by atoms with van der Waals surface area (Å²) >= 11 is 1.56. The fourth-order valence-corrected chi connectivity index (χ4v) is 4.43. The Bertz CT molecular complexity index is 472. The number of fused-ring (bicyclic) bond motifs is 1. The van der Waals surface area contributed by atoms with Crippen molar-refractivity contribution in [3.05, 3.63) is 0 Å². The van der Waals surface area contributed by atoms with Crippen molar-refractivity contribution in [3.8, 4) is 0 Å². The molecule has 8 heteroatoms. The van der Waals surface area contributed by atoms with Gasteiger partial charge >= 0.3 is 12.0 Å². The first-order valence-corrected chi connectivity index (χ1v) is 8.40. The maximum atomic E-state index is 12.8. The summed E-state index contributed by atoms with van der Waals surface area (Å²) in [4.78, 5) is 39.0. The Morgan fingerprint density at radius 3 is 2.86 bits per heavy atom. The maximum Gasteiger partial charge on any atom is 0.327 e. The summed E-state index contributed by atoms with van der Waals surface area (Å²) in [6, 6.07) is -1.11. The number of nitrogens with one attached hydrogen (secondary N) is 1. The van der Waals surface area contributed by atoms with Gasteiger partial charge in [-0.3, -0.25) is 4.79 Å². The zero-order valence-electron chi connectivity index (χ0n) is 11.7. The van der Waals surface area contributed by atoms with Crippen LogP contribution in [0.25, 0.3) is 0 Å². The number of amides is 3. The molecule has 0 spiro atoms. The average Bonchev–Trinajstić information content (AvgIpc) is 2.88. The molecule has 0 aromatic carbocycles. The van der Waals surface area contributed by atoms with Gasteiger partial charge in [0, 0.05) is 31.1 Å². The van der Waals surface area contributed by atoms with Crippen molar-refractivity contribution in [1.29, 1.82) is 0 Å². The highest BCUT2D eigenvalue weighted by Gasteiger charge is 2.45. The maximum absolute atomic E-state index is 12.8. The van der Waals surface area contributed by atoms with Crippen LogP contribution in [0.4, 0.5) is 4.79 Å². The smallest absolute Gasteiger partial charge is 0.327 e. The molecule has 7 nitrogen and oxygen atoms in total. The normalized spacial score (nSPS) is 32.6. The van der Waals surface area contributed by atoms with E-state index in [4.69, 9.17) is 0 Å². The van der Waals surface area contributed by atoms with Gasteiger partial charge in [-0.05, 0) is 12.8 Å². The first-order chi connectivity index (χ1) is 10.1. The summed E-state index contributed by atoms with van der Waals surface area (Å²) < 4.78 is 0. The van der Waals surface area contributed by atoms with E-state index in [1.807, 2.05) is 0 Å². The van der Waals surface area contributed by atoms with Gasteiger partial charge in [0.1, 0.15) is 6.04 Å². The minimum atomic E-state index is -0.954. The molecule has 21 heavy (non-hydrogen) atoms. The van der Waals surface area contributed by atoms with Gasteiger partial charge in [0.15, 0.2) is 0 Å². The van der Waals surface area contributed by atoms with E-state index in [0.717, 1.165) is 18.6 Å². The van der Waals surface area contributed by atoms with Crippen LogP contribution < -0.4 is 5.32 Å². The zero-order chi connectivity index (χ0) is 15.0. The van der Waals surface area contributed by atoms with Gasteiger partial charge in [-0.1, -0.05) is 0 Å². The van der Waals surface area contributed by atoms with Gasteiger partial charge in [0.05, 0.1) is 12.0 Å². The van der Waals surface area contributed by atoms with E-state index in [0.29, 0.717) is 25.4 Å². The van der Waals surface area contributed by atoms with Crippen molar-refractivity contribution in [3.63, 3.8) is 0 Å². The number of nitrogens with zero attached hydrogens (tertiary/aromatic N) is 2. The van der Waals surface area contributed by atoms with E-state index in [1.54, 1.807) is 16.7 Å². The van der Waals surface area contributed by atoms with Crippen LogP contribution in [-0.2, 0) is 9.59 Å². The second-order valence-corrected chi connectivity index (χ2v) is 6.81. The topological polar surface area (TPSA) is 90.0 Å². The molecule has 3 heterocycles. The molecule has 0 radical (unpaired) electrons. The minimum Gasteiger partial charge on any atom is -0.480 e. The standard InChI is InChI=1S/C13H19N3O4S/c17-11-8-2-1-3-15(9(8)6-14-11)13(20)16-4-5-21-7-10(16)12(18)19/h8-10H,1-7H2,(H,14,17)(H,18,19). The van der Waals surface area contributed by atoms with E-state index in [1.165, 1.54) is 4.90 Å². The summed E-state index contributed by atoms with van der Waals surface area (Å²) in [7, 11) is 0. The highest BCUT2D eigenvalue weighted by atomic mass is 32.2. The van der Waals surface area contributed by atoms with Crippen molar-refractivity contribution in [1.82, 2.24) is 15.1 Å². The Morgan fingerprint density at radius 2 is 2.10 bits per heavy atom. The number of aliphatic carboxylic acids is 1. The number of hydrogen-bond acceptors (Lipinski definition) is 4. The molecule has 3 fully saturated rings. The van der Waals surface area contributed by atoms with Gasteiger partial charge < -0.3 is 20.2 Å². The zero-order valence-corrected chi connectivity index (χ0v) is 12.5. The summed E-state index contributed by atoms with van der Waals surface area (Å²) in [5, 5.41) is 12.1. The minimum absolute atomic E-state index is 0.0153. The molecule has 3 aliphatic heterocycles. The predicted octanol–water partition coefficient (Wildman–Crippen LogP) is -0.181. The van der Waals surface area contributed by atoms with Crippen LogP contribution in [0.15, 0.2) is 0 Å². The van der Waals surface area contributed by atoms with Crippen molar-refractivity contribution < 1.29 is 19.5 Å². The number of carboxylic acids is 1. The lowest BCUT2D eigenvalue weighted by molar-refractivity contribution is -0.141. The number of hydrogen-bond donors (Lipinski definition) is 2. The van der Waals surface area contributed by atoms with Crippen molar-refractivity contribution in [2.45, 2.75) is 24.9 Å². The van der Waals surface area contributed by atoms with Crippen LogP contribution >= 0.6 is 11.8 Å². The van der Waals surface area contributed by atoms with E-state index < -0.39 is 12.0 Å². The summed E-state index contributed by atoms with van der Waals surface area (Å²) in [5.74, 6) is 0.116. The molecule has 0 aromatic rings. The highest BCUT2D eigenvalue weighted by Crippen LogP contribution is 2.29. The Labute approximate surface area is 127 Å². The third-order valence-corrected chi connectivity index (χ3v) is 5.53. The lowest BCUT2D eigenvalue weighted by atomic mass is 9.92. The number of piperidine rings is 1. The Hall–Kier alpha value is -1.44. The van der Waals surface area contributed by atoms with Crippen LogP contribution in [0.5, 0.6) is 0 Å². The van der Waals surface area contributed by atoms with E-state index in [2.05, 4.69) is 5.32 Å². The number of likely N-dealkylation sites (tertiary alicyclic amines) is 1. The lowest BCUT2D eigenvalue weighted by Crippen LogP contribution is -2.59. The number of carbonyl (C=O) groups is 3. The van der Waals surface area contributed by atoms with Crippen LogP contribution in [0.3, 0.4) is 0 Å². The fourth-order valence-electron chi connectivity index (χ4n) is 3.39. The van der Waals surface area contributed by atoms with Gasteiger partial charge in [-0.15, -0.1) is 0 Å². The third kappa shape index (κ3) is 2.56. The van der Waals surface area contributed by atoms with Gasteiger partial charge in [-0.25, -0.2) is 9.59 Å². The molecule has 3 amide bonds. The molecule has 0 bridgehead atoms. The van der Waals surface area contributed by atoms with Crippen molar-refractivity contribution in [2.24, 2.45) is 5.92 Å². The number of carbonyl (C=O) groups excluding carboxylic acids is 2. The quantitative estimate of drug-likeness (QED) is 0.701. The molecule has 3 saturated heterocycles. The van der Waals surface area contributed by atoms with Crippen molar-refractivity contribution >= 4 is 29.7 Å². The molecule has 0 aliphatic carbocycles. The van der Waals surface area contributed by atoms with E-state index in [-0.39, 0.29) is 23.9 Å². The lowest BCUT2D eigenvalue weighted by Gasteiger charge is -2.42. The molecule has 116 valence electrons. The summed E-state index contributed by atoms with van der Waals surface area (Å²) in [6.45, 7) is 1.54. The average molecular weight is 313 g/mol. The molecule has 3 unspecified atom stereocenters. The van der Waals surface area contributed by atoms with E-state index in [9.17, 15) is 19.5 Å². The number of thioether (sulfide) groups is 1. The second kappa shape index (κ2) is 5.75. The summed E-state index contributed by atoms with van der Waals surface area (Å²) in [5.41, 5.74) is 0. The second-order valence-electron chi connectivity index (χ2n) is 5.66. The van der Waals surface area contributed by atoms with Crippen LogP contribution in [0, 0.1) is 5.92 Å².